The molecule has 0 radical (unpaired) electrons. The number of carbonyl (C=O) groups is 2. The predicted molar refractivity (Wildman–Crippen MR) is 143 cm³/mol. The van der Waals surface area contributed by atoms with Crippen molar-refractivity contribution in [1.82, 2.24) is 15.0 Å². The van der Waals surface area contributed by atoms with Crippen molar-refractivity contribution >= 4 is 99.1 Å². The number of aromatic nitrogens is 3. The maximum Gasteiger partial charge on any atom is 0.367 e. The Balaban J connectivity index is 2.77. The minimum Gasteiger partial charge on any atom is -0.461 e. The van der Waals surface area contributed by atoms with Gasteiger partial charge in [-0.05, 0) is 44.5 Å². The number of anilines is 1. The van der Waals surface area contributed by atoms with Gasteiger partial charge < -0.3 is 9.47 Å². The first-order valence-corrected chi connectivity index (χ1v) is 12.6. The molecule has 0 N–H and O–H groups in total. The van der Waals surface area contributed by atoms with Crippen LogP contribution in [-0.4, -0.2) is 52.0 Å². The van der Waals surface area contributed by atoms with Crippen molar-refractivity contribution in [3.05, 3.63) is 46.8 Å². The second-order valence-corrected chi connectivity index (χ2v) is 11.5. The smallest absolute Gasteiger partial charge is 0.367 e. The summed E-state index contributed by atoms with van der Waals surface area (Å²) in [5.41, 5.74) is -0.929. The van der Waals surface area contributed by atoms with Gasteiger partial charge in [0.15, 0.2) is 29.4 Å². The largest absolute Gasteiger partial charge is 0.461 e. The highest BCUT2D eigenvalue weighted by molar-refractivity contribution is 6.67. The molecule has 2 aromatic rings. The number of carbonyl (C=O) groups excluding carboxylic acids is 4. The first kappa shape index (κ1) is 31.8. The Hall–Kier alpha value is -2.39. The van der Waals surface area contributed by atoms with Crippen LogP contribution in [-0.2, 0) is 36.2 Å². The second kappa shape index (κ2) is 13.1. The van der Waals surface area contributed by atoms with Crippen LogP contribution in [0.4, 0.5) is 5.69 Å². The molecule has 16 heteroatoms. The fourth-order valence-electron chi connectivity index (χ4n) is 2.91. The zero-order chi connectivity index (χ0) is 28.8. The van der Waals surface area contributed by atoms with E-state index >= 15 is 0 Å². The van der Waals surface area contributed by atoms with Crippen LogP contribution < -0.4 is 4.90 Å². The van der Waals surface area contributed by atoms with Crippen LogP contribution in [0.5, 0.6) is 0 Å². The molecule has 0 aliphatic carbocycles. The quantitative estimate of drug-likeness (QED) is 0.170. The van der Waals surface area contributed by atoms with E-state index in [9.17, 15) is 19.2 Å². The number of benzene rings is 1. The minimum absolute atomic E-state index is 0.0127. The van der Waals surface area contributed by atoms with E-state index in [4.69, 9.17) is 79.1 Å². The first-order valence-electron chi connectivity index (χ1n) is 10.4. The van der Waals surface area contributed by atoms with Gasteiger partial charge in [0.05, 0.1) is 13.2 Å². The van der Waals surface area contributed by atoms with Gasteiger partial charge in [0, 0.05) is 11.3 Å². The van der Waals surface area contributed by atoms with Gasteiger partial charge in [0.1, 0.15) is 0 Å². The second-order valence-electron chi connectivity index (χ2n) is 6.98. The molecule has 0 unspecified atom stereocenters. The average Bonchev–Trinajstić information content (AvgIpc) is 2.83. The minimum atomic E-state index is -2.10. The van der Waals surface area contributed by atoms with Gasteiger partial charge in [-0.2, -0.15) is 0 Å². The van der Waals surface area contributed by atoms with Crippen LogP contribution in [0.25, 0.3) is 11.4 Å². The summed E-state index contributed by atoms with van der Waals surface area (Å²) in [5.74, 6) is -0.236. The van der Waals surface area contributed by atoms with Gasteiger partial charge >= 0.3 is 11.9 Å². The molecule has 202 valence electrons. The Morgan fingerprint density at radius 1 is 0.842 bits per heavy atom. The molecular weight excluding hydrogens is 629 g/mol. The number of esters is 2. The van der Waals surface area contributed by atoms with Crippen molar-refractivity contribution < 1.29 is 28.7 Å². The Morgan fingerprint density at radius 3 is 1.63 bits per heavy atom. The summed E-state index contributed by atoms with van der Waals surface area (Å²) in [4.78, 5) is 61.4. The third kappa shape index (κ3) is 7.59. The Bertz CT molecular complexity index is 1270. The highest BCUT2D eigenvalue weighted by atomic mass is 35.6. The molecule has 0 spiro atoms. The Morgan fingerprint density at radius 2 is 1.29 bits per heavy atom. The molecule has 0 amide bonds. The molecule has 0 aliphatic heterocycles. The number of hydrogen-bond acceptors (Lipinski definition) is 10. The van der Waals surface area contributed by atoms with E-state index in [1.807, 2.05) is 0 Å². The molecule has 0 fully saturated rings. The number of rotatable bonds is 8. The van der Waals surface area contributed by atoms with E-state index in [0.29, 0.717) is 16.0 Å². The van der Waals surface area contributed by atoms with Crippen LogP contribution in [0, 0.1) is 6.92 Å². The van der Waals surface area contributed by atoms with Gasteiger partial charge in [-0.3, -0.25) is 4.90 Å². The first-order chi connectivity index (χ1) is 17.7. The summed E-state index contributed by atoms with van der Waals surface area (Å²) in [6, 6.07) is 4.12. The van der Waals surface area contributed by atoms with Crippen LogP contribution in [0.3, 0.4) is 0 Å². The van der Waals surface area contributed by atoms with Gasteiger partial charge in [0.25, 0.3) is 0 Å². The maximum absolute atomic E-state index is 12.5. The molecule has 0 bridgehead atoms. The number of nitrogens with zero attached hydrogens (tertiary/aromatic N) is 4. The Labute approximate surface area is 246 Å². The molecule has 0 aliphatic rings. The molecular formula is C22H16Cl6N4O6. The van der Waals surface area contributed by atoms with Crippen molar-refractivity contribution in [3.63, 3.8) is 0 Å². The van der Waals surface area contributed by atoms with Crippen LogP contribution in [0.1, 0.15) is 31.1 Å². The van der Waals surface area contributed by atoms with E-state index in [1.165, 1.54) is 43.9 Å². The fraction of sp³-hybridized carbons (Fsp3) is 0.318. The van der Waals surface area contributed by atoms with Gasteiger partial charge in [-0.25, -0.2) is 34.1 Å². The molecule has 0 saturated heterocycles. The van der Waals surface area contributed by atoms with Gasteiger partial charge in [0.2, 0.25) is 19.0 Å². The number of aryl methyl sites for hydroxylation is 1. The summed E-state index contributed by atoms with van der Waals surface area (Å²) in [5, 5.41) is 0. The van der Waals surface area contributed by atoms with Gasteiger partial charge in [-0.1, -0.05) is 69.6 Å². The third-order valence-corrected chi connectivity index (χ3v) is 5.44. The maximum atomic E-state index is 12.5. The third-order valence-electron chi connectivity index (χ3n) is 4.43. The molecule has 0 atom stereocenters. The number of halogens is 6. The molecule has 2 rings (SSSR count). The molecule has 1 aromatic carbocycles. The van der Waals surface area contributed by atoms with Crippen molar-refractivity contribution in [2.75, 3.05) is 18.1 Å². The summed E-state index contributed by atoms with van der Waals surface area (Å²) in [7, 11) is 0. The van der Waals surface area contributed by atoms with Crippen molar-refractivity contribution in [1.29, 1.82) is 0 Å². The number of alkyl halides is 6. The lowest BCUT2D eigenvalue weighted by Gasteiger charge is -2.24. The summed E-state index contributed by atoms with van der Waals surface area (Å²) in [6.45, 7) is 4.36. The lowest BCUT2D eigenvalue weighted by molar-refractivity contribution is -0.138. The number of hydrogen-bond donors (Lipinski definition) is 0. The van der Waals surface area contributed by atoms with E-state index in [0.717, 1.165) is 0 Å². The highest BCUT2D eigenvalue weighted by Gasteiger charge is 2.35. The zero-order valence-corrected chi connectivity index (χ0v) is 24.2. The monoisotopic (exact) mass is 642 g/mol. The van der Waals surface area contributed by atoms with Gasteiger partial charge in [-0.15, -0.1) is 0 Å². The summed E-state index contributed by atoms with van der Waals surface area (Å²) >= 11 is 35.6. The van der Waals surface area contributed by atoms with E-state index < -0.39 is 30.9 Å². The zero-order valence-electron chi connectivity index (χ0n) is 19.7. The van der Waals surface area contributed by atoms with E-state index in [2.05, 4.69) is 15.0 Å². The van der Waals surface area contributed by atoms with Crippen LogP contribution >= 0.6 is 69.6 Å². The molecule has 1 heterocycles. The summed E-state index contributed by atoms with van der Waals surface area (Å²) in [6.07, 6.45) is 0. The van der Waals surface area contributed by atoms with Crippen LogP contribution in [0.15, 0.2) is 29.6 Å². The highest BCUT2D eigenvalue weighted by Crippen LogP contribution is 2.41. The fourth-order valence-corrected chi connectivity index (χ4v) is 3.42. The standard InChI is InChI=1S/C22H16Cl6N4O6/c1-4-37-17(35)14(9-33)32(15(10-34)18(36)38-5-2)12-6-7-13(11(3)8-12)16-29-19(21(23,24)25)31-20(30-16)22(26,27)28/h6-8H,4-5H2,1-3H3. The van der Waals surface area contributed by atoms with E-state index in [1.54, 1.807) is 6.92 Å². The lowest BCUT2D eigenvalue weighted by Crippen LogP contribution is -2.33. The van der Waals surface area contributed by atoms with Crippen molar-refractivity contribution in [2.45, 2.75) is 28.4 Å². The number of ether oxygens (including phenoxy) is 2. The predicted octanol–water partition coefficient (Wildman–Crippen LogP) is 4.86. The van der Waals surface area contributed by atoms with Crippen molar-refractivity contribution in [2.24, 2.45) is 0 Å². The average molecular weight is 645 g/mol. The normalized spacial score (nSPS) is 11.2. The van der Waals surface area contributed by atoms with Crippen LogP contribution in [0.2, 0.25) is 0 Å². The van der Waals surface area contributed by atoms with Crippen molar-refractivity contribution in [3.8, 4) is 11.4 Å². The molecule has 1 aromatic heterocycles. The van der Waals surface area contributed by atoms with E-state index in [-0.39, 0.29) is 36.4 Å². The topological polar surface area (TPSA) is 129 Å². The SMILES string of the molecule is CCOC(=O)C(=C=O)N(C(=C=O)C(=O)OCC)c1ccc(-c2nc(C(Cl)(Cl)Cl)nc(C(Cl)(Cl)Cl)n2)c(C)c1. The summed E-state index contributed by atoms with van der Waals surface area (Å²) < 4.78 is 5.54. The molecule has 38 heavy (non-hydrogen) atoms. The molecule has 10 nitrogen and oxygen atoms in total. The Kier molecular flexibility index (Phi) is 11.0. The molecule has 0 saturated carbocycles. The lowest BCUT2D eigenvalue weighted by atomic mass is 10.1.